The van der Waals surface area contributed by atoms with Gasteiger partial charge in [0.15, 0.2) is 0 Å². The molecule has 0 unspecified atom stereocenters. The van der Waals surface area contributed by atoms with Crippen LogP contribution >= 0.6 is 11.3 Å². The highest BCUT2D eigenvalue weighted by molar-refractivity contribution is 7.16. The first-order valence-corrected chi connectivity index (χ1v) is 6.81. The lowest BCUT2D eigenvalue weighted by Gasteiger charge is -2.30. The monoisotopic (exact) mass is 291 g/mol. The maximum absolute atomic E-state index is 12.7. The second-order valence-corrected chi connectivity index (χ2v) is 5.80. The average Bonchev–Trinajstić information content (AvgIpc) is 2.87. The summed E-state index contributed by atoms with van der Waals surface area (Å²) in [5.74, 6) is -1.09. The minimum atomic E-state index is -4.56. The van der Waals surface area contributed by atoms with Gasteiger partial charge in [0.2, 0.25) is 4.96 Å². The van der Waals surface area contributed by atoms with Crippen LogP contribution in [0, 0.1) is 0 Å². The standard InChI is InChI=1S/C10H12F3N5S/c11-10(12,13)6-15-16-8-18(6)17-7(19-8)9(14)4-2-1-3-5-9/h1-5,14H2. The molecule has 104 valence electrons. The van der Waals surface area contributed by atoms with Crippen molar-refractivity contribution in [2.45, 2.75) is 43.8 Å². The van der Waals surface area contributed by atoms with Crippen LogP contribution in [0.5, 0.6) is 0 Å². The minimum absolute atomic E-state index is 0.137. The van der Waals surface area contributed by atoms with Gasteiger partial charge < -0.3 is 5.73 Å². The van der Waals surface area contributed by atoms with E-state index in [0.717, 1.165) is 48.0 Å². The van der Waals surface area contributed by atoms with E-state index in [1.165, 1.54) is 0 Å². The summed E-state index contributed by atoms with van der Waals surface area (Å²) in [7, 11) is 0. The predicted octanol–water partition coefficient (Wildman–Crippen LogP) is 2.32. The maximum atomic E-state index is 12.7. The molecule has 1 saturated carbocycles. The average molecular weight is 291 g/mol. The lowest BCUT2D eigenvalue weighted by atomic mass is 9.83. The molecule has 2 heterocycles. The molecule has 2 aromatic rings. The molecule has 19 heavy (non-hydrogen) atoms. The van der Waals surface area contributed by atoms with Crippen LogP contribution in [0.2, 0.25) is 0 Å². The van der Waals surface area contributed by atoms with Gasteiger partial charge in [0, 0.05) is 0 Å². The molecule has 1 fully saturated rings. The van der Waals surface area contributed by atoms with Crippen LogP contribution in [-0.4, -0.2) is 19.8 Å². The van der Waals surface area contributed by atoms with Gasteiger partial charge in [-0.2, -0.15) is 22.8 Å². The summed E-state index contributed by atoms with van der Waals surface area (Å²) < 4.78 is 38.9. The van der Waals surface area contributed by atoms with E-state index in [0.29, 0.717) is 5.01 Å². The zero-order valence-electron chi connectivity index (χ0n) is 9.94. The first-order valence-electron chi connectivity index (χ1n) is 5.99. The Labute approximate surface area is 110 Å². The molecule has 0 amide bonds. The summed E-state index contributed by atoms with van der Waals surface area (Å²) in [6.07, 6.45) is -0.00164. The molecule has 0 aliphatic heterocycles. The van der Waals surface area contributed by atoms with Gasteiger partial charge in [-0.05, 0) is 12.8 Å². The number of fused-ring (bicyclic) bond motifs is 1. The molecule has 9 heteroatoms. The highest BCUT2D eigenvalue weighted by Gasteiger charge is 2.40. The zero-order valence-corrected chi connectivity index (χ0v) is 10.8. The van der Waals surface area contributed by atoms with Crippen LogP contribution in [0.15, 0.2) is 0 Å². The third-order valence-electron chi connectivity index (χ3n) is 3.42. The molecule has 0 saturated heterocycles. The molecule has 5 nitrogen and oxygen atoms in total. The van der Waals surface area contributed by atoms with E-state index in [-0.39, 0.29) is 4.96 Å². The van der Waals surface area contributed by atoms with Gasteiger partial charge in [0.25, 0.3) is 5.82 Å². The van der Waals surface area contributed by atoms with Crippen molar-refractivity contribution in [2.75, 3.05) is 0 Å². The fraction of sp³-hybridized carbons (Fsp3) is 0.700. The topological polar surface area (TPSA) is 69.1 Å². The number of aromatic nitrogens is 4. The molecule has 0 bridgehead atoms. The van der Waals surface area contributed by atoms with Crippen molar-refractivity contribution in [3.8, 4) is 0 Å². The van der Waals surface area contributed by atoms with Crippen LogP contribution in [0.25, 0.3) is 4.96 Å². The Balaban J connectivity index is 2.05. The number of hydrogen-bond acceptors (Lipinski definition) is 5. The summed E-state index contributed by atoms with van der Waals surface area (Å²) in [6.45, 7) is 0. The molecule has 1 aliphatic carbocycles. The van der Waals surface area contributed by atoms with E-state index in [1.54, 1.807) is 0 Å². The number of rotatable bonds is 1. The third-order valence-corrected chi connectivity index (χ3v) is 4.53. The first kappa shape index (κ1) is 12.8. The maximum Gasteiger partial charge on any atom is 0.453 e. The third kappa shape index (κ3) is 2.10. The molecule has 3 rings (SSSR count). The van der Waals surface area contributed by atoms with Gasteiger partial charge in [0.05, 0.1) is 5.54 Å². The van der Waals surface area contributed by atoms with Gasteiger partial charge in [-0.15, -0.1) is 10.2 Å². The smallest absolute Gasteiger partial charge is 0.319 e. The van der Waals surface area contributed by atoms with Gasteiger partial charge in [-0.3, -0.25) is 0 Å². The largest absolute Gasteiger partial charge is 0.453 e. The summed E-state index contributed by atoms with van der Waals surface area (Å²) in [5, 5.41) is 11.2. The van der Waals surface area contributed by atoms with Crippen molar-refractivity contribution in [3.05, 3.63) is 10.8 Å². The minimum Gasteiger partial charge on any atom is -0.319 e. The Morgan fingerprint density at radius 3 is 2.47 bits per heavy atom. The second-order valence-electron chi connectivity index (χ2n) is 4.84. The van der Waals surface area contributed by atoms with E-state index in [1.807, 2.05) is 0 Å². The van der Waals surface area contributed by atoms with E-state index in [9.17, 15) is 13.2 Å². The van der Waals surface area contributed by atoms with E-state index in [4.69, 9.17) is 5.73 Å². The van der Waals surface area contributed by atoms with Crippen molar-refractivity contribution in [1.82, 2.24) is 19.8 Å². The molecule has 2 aromatic heterocycles. The van der Waals surface area contributed by atoms with Crippen LogP contribution in [0.4, 0.5) is 13.2 Å². The molecular weight excluding hydrogens is 279 g/mol. The van der Waals surface area contributed by atoms with Crippen molar-refractivity contribution < 1.29 is 13.2 Å². The predicted molar refractivity (Wildman–Crippen MR) is 62.6 cm³/mol. The molecule has 0 spiro atoms. The number of hydrogen-bond donors (Lipinski definition) is 1. The Morgan fingerprint density at radius 2 is 1.84 bits per heavy atom. The van der Waals surface area contributed by atoms with Crippen LogP contribution in [0.1, 0.15) is 42.9 Å². The van der Waals surface area contributed by atoms with Crippen molar-refractivity contribution in [3.63, 3.8) is 0 Å². The Hall–Kier alpha value is -1.22. The Bertz CT molecular complexity index is 596. The highest BCUT2D eigenvalue weighted by Crippen LogP contribution is 2.37. The summed E-state index contributed by atoms with van der Waals surface area (Å²) >= 11 is 1.09. The molecule has 0 aromatic carbocycles. The number of nitrogens with zero attached hydrogens (tertiary/aromatic N) is 4. The van der Waals surface area contributed by atoms with E-state index in [2.05, 4.69) is 15.3 Å². The Morgan fingerprint density at radius 1 is 1.16 bits per heavy atom. The van der Waals surface area contributed by atoms with Gasteiger partial charge >= 0.3 is 6.18 Å². The van der Waals surface area contributed by atoms with Crippen LogP contribution < -0.4 is 5.73 Å². The number of alkyl halides is 3. The van der Waals surface area contributed by atoms with Gasteiger partial charge in [-0.1, -0.05) is 30.6 Å². The van der Waals surface area contributed by atoms with Crippen molar-refractivity contribution >= 4 is 16.3 Å². The van der Waals surface area contributed by atoms with Crippen LogP contribution in [-0.2, 0) is 11.7 Å². The molecule has 2 N–H and O–H groups in total. The Kier molecular flexibility index (Phi) is 2.79. The van der Waals surface area contributed by atoms with Gasteiger partial charge in [0.1, 0.15) is 5.01 Å². The SMILES string of the molecule is NC1(c2nn3c(C(F)(F)F)nnc3s2)CCCCC1. The summed E-state index contributed by atoms with van der Waals surface area (Å²) in [5.41, 5.74) is 5.65. The van der Waals surface area contributed by atoms with Crippen molar-refractivity contribution in [1.29, 1.82) is 0 Å². The first-order chi connectivity index (χ1) is 8.90. The molecule has 1 aliphatic rings. The van der Waals surface area contributed by atoms with Crippen molar-refractivity contribution in [2.24, 2.45) is 5.73 Å². The lowest BCUT2D eigenvalue weighted by Crippen LogP contribution is -2.38. The van der Waals surface area contributed by atoms with Crippen LogP contribution in [0.3, 0.4) is 0 Å². The molecule has 0 atom stereocenters. The van der Waals surface area contributed by atoms with Gasteiger partial charge in [-0.25, -0.2) is 0 Å². The number of nitrogens with two attached hydrogens (primary N) is 1. The highest BCUT2D eigenvalue weighted by atomic mass is 32.1. The van der Waals surface area contributed by atoms with E-state index >= 15 is 0 Å². The lowest BCUT2D eigenvalue weighted by molar-refractivity contribution is -0.146. The number of halogens is 3. The molecular formula is C10H12F3N5S. The second kappa shape index (κ2) is 4.14. The fourth-order valence-electron chi connectivity index (χ4n) is 2.39. The normalized spacial score (nSPS) is 20.0. The molecule has 0 radical (unpaired) electrons. The fourth-order valence-corrected chi connectivity index (χ4v) is 3.39. The summed E-state index contributed by atoms with van der Waals surface area (Å²) in [4.78, 5) is 0.137. The summed E-state index contributed by atoms with van der Waals surface area (Å²) in [6, 6.07) is 0. The van der Waals surface area contributed by atoms with E-state index < -0.39 is 17.5 Å². The zero-order chi connectivity index (χ0) is 13.7. The quantitative estimate of drug-likeness (QED) is 0.875.